The van der Waals surface area contributed by atoms with Crippen molar-refractivity contribution >= 4 is 21.8 Å². The Morgan fingerprint density at radius 1 is 1.25 bits per heavy atom. The number of nitrogens with one attached hydrogen (secondary N) is 2. The number of benzene rings is 1. The lowest BCUT2D eigenvalue weighted by Crippen LogP contribution is -2.27. The lowest BCUT2D eigenvalue weighted by molar-refractivity contribution is -0.121. The highest BCUT2D eigenvalue weighted by molar-refractivity contribution is 9.10. The molecule has 0 radical (unpaired) electrons. The SMILES string of the molecule is O=C(CCCNCCOc1ccc(Br)cc1)NC1CC1. The van der Waals surface area contributed by atoms with Crippen LogP contribution < -0.4 is 15.4 Å². The van der Waals surface area contributed by atoms with Gasteiger partial charge in [0.25, 0.3) is 0 Å². The van der Waals surface area contributed by atoms with Gasteiger partial charge in [-0.2, -0.15) is 0 Å². The van der Waals surface area contributed by atoms with E-state index in [-0.39, 0.29) is 5.91 Å². The summed E-state index contributed by atoms with van der Waals surface area (Å²) in [5, 5.41) is 6.26. The van der Waals surface area contributed by atoms with Crippen LogP contribution in [0, 0.1) is 0 Å². The highest BCUT2D eigenvalue weighted by Gasteiger charge is 2.22. The van der Waals surface area contributed by atoms with Crippen LogP contribution in [-0.4, -0.2) is 31.6 Å². The van der Waals surface area contributed by atoms with Crippen LogP contribution in [0.3, 0.4) is 0 Å². The van der Waals surface area contributed by atoms with Crippen molar-refractivity contribution in [1.29, 1.82) is 0 Å². The van der Waals surface area contributed by atoms with E-state index in [1.165, 1.54) is 0 Å². The molecule has 1 aromatic rings. The number of amides is 1. The van der Waals surface area contributed by atoms with E-state index in [1.807, 2.05) is 24.3 Å². The smallest absolute Gasteiger partial charge is 0.220 e. The van der Waals surface area contributed by atoms with Gasteiger partial charge in [-0.3, -0.25) is 4.79 Å². The molecule has 20 heavy (non-hydrogen) atoms. The average Bonchev–Trinajstić information content (AvgIpc) is 3.23. The lowest BCUT2D eigenvalue weighted by Gasteiger charge is -2.08. The molecule has 2 N–H and O–H groups in total. The van der Waals surface area contributed by atoms with Gasteiger partial charge in [0.15, 0.2) is 0 Å². The molecule has 0 unspecified atom stereocenters. The molecule has 0 heterocycles. The van der Waals surface area contributed by atoms with Crippen molar-refractivity contribution in [1.82, 2.24) is 10.6 Å². The molecule has 110 valence electrons. The third-order valence-electron chi connectivity index (χ3n) is 3.06. The van der Waals surface area contributed by atoms with E-state index in [2.05, 4.69) is 26.6 Å². The molecule has 0 bridgehead atoms. The third kappa shape index (κ3) is 6.39. The third-order valence-corrected chi connectivity index (χ3v) is 3.59. The van der Waals surface area contributed by atoms with E-state index < -0.39 is 0 Å². The van der Waals surface area contributed by atoms with Crippen molar-refractivity contribution in [3.05, 3.63) is 28.7 Å². The fourth-order valence-electron chi connectivity index (χ4n) is 1.80. The van der Waals surface area contributed by atoms with Crippen molar-refractivity contribution in [3.8, 4) is 5.75 Å². The number of rotatable bonds is 9. The predicted molar refractivity (Wildman–Crippen MR) is 82.9 cm³/mol. The van der Waals surface area contributed by atoms with Crippen LogP contribution in [-0.2, 0) is 4.79 Å². The van der Waals surface area contributed by atoms with Crippen molar-refractivity contribution < 1.29 is 9.53 Å². The van der Waals surface area contributed by atoms with E-state index in [4.69, 9.17) is 4.74 Å². The molecule has 0 aliphatic heterocycles. The summed E-state index contributed by atoms with van der Waals surface area (Å²) in [6.07, 6.45) is 3.78. The second kappa shape index (κ2) is 8.27. The van der Waals surface area contributed by atoms with Gasteiger partial charge in [0.1, 0.15) is 12.4 Å². The molecular weight excluding hydrogens is 320 g/mol. The normalized spacial score (nSPS) is 14.1. The molecule has 2 rings (SSSR count). The molecule has 0 atom stereocenters. The molecule has 4 nitrogen and oxygen atoms in total. The molecule has 1 aromatic carbocycles. The summed E-state index contributed by atoms with van der Waals surface area (Å²) in [4.78, 5) is 11.4. The maximum atomic E-state index is 11.4. The molecule has 1 saturated carbocycles. The minimum absolute atomic E-state index is 0.181. The van der Waals surface area contributed by atoms with Gasteiger partial charge in [-0.15, -0.1) is 0 Å². The van der Waals surface area contributed by atoms with E-state index in [1.54, 1.807) is 0 Å². The molecule has 0 spiro atoms. The van der Waals surface area contributed by atoms with E-state index in [0.29, 0.717) is 19.1 Å². The number of carbonyl (C=O) groups excluding carboxylic acids is 1. The largest absolute Gasteiger partial charge is 0.492 e. The summed E-state index contributed by atoms with van der Waals surface area (Å²) in [5.74, 6) is 1.05. The Labute approximate surface area is 128 Å². The first-order valence-corrected chi connectivity index (χ1v) is 7.92. The first-order valence-electron chi connectivity index (χ1n) is 7.12. The summed E-state index contributed by atoms with van der Waals surface area (Å²) < 4.78 is 6.64. The van der Waals surface area contributed by atoms with Crippen molar-refractivity contribution in [2.24, 2.45) is 0 Å². The van der Waals surface area contributed by atoms with Crippen LogP contribution in [0.1, 0.15) is 25.7 Å². The lowest BCUT2D eigenvalue weighted by atomic mass is 10.3. The van der Waals surface area contributed by atoms with Crippen LogP contribution in [0.5, 0.6) is 5.75 Å². The molecule has 1 aliphatic carbocycles. The van der Waals surface area contributed by atoms with Gasteiger partial charge in [0, 0.05) is 23.5 Å². The van der Waals surface area contributed by atoms with Gasteiger partial charge >= 0.3 is 0 Å². The van der Waals surface area contributed by atoms with Crippen LogP contribution >= 0.6 is 15.9 Å². The molecule has 5 heteroatoms. The molecule has 0 aromatic heterocycles. The van der Waals surface area contributed by atoms with E-state index >= 15 is 0 Å². The zero-order chi connectivity index (χ0) is 14.2. The summed E-state index contributed by atoms with van der Waals surface area (Å²) in [5.41, 5.74) is 0. The Balaban J connectivity index is 1.43. The van der Waals surface area contributed by atoms with Gasteiger partial charge in [-0.05, 0) is 50.1 Å². The maximum Gasteiger partial charge on any atom is 0.220 e. The predicted octanol–water partition coefficient (Wildman–Crippen LogP) is 2.48. The number of hydrogen-bond acceptors (Lipinski definition) is 3. The first-order chi connectivity index (χ1) is 9.74. The second-order valence-electron chi connectivity index (χ2n) is 5.00. The number of halogens is 1. The topological polar surface area (TPSA) is 50.4 Å². The van der Waals surface area contributed by atoms with Crippen LogP contribution in [0.15, 0.2) is 28.7 Å². The zero-order valence-electron chi connectivity index (χ0n) is 11.5. The van der Waals surface area contributed by atoms with E-state index in [0.717, 1.165) is 42.6 Å². The Hall–Kier alpha value is -1.07. The first kappa shape index (κ1) is 15.3. The minimum Gasteiger partial charge on any atom is -0.492 e. The Morgan fingerprint density at radius 2 is 2.00 bits per heavy atom. The highest BCUT2D eigenvalue weighted by atomic mass is 79.9. The standard InChI is InChI=1S/C15H21BrN2O2/c16-12-3-7-14(8-4-12)20-11-10-17-9-1-2-15(19)18-13-5-6-13/h3-4,7-8,13,17H,1-2,5-6,9-11H2,(H,18,19). The number of hydrogen-bond donors (Lipinski definition) is 2. The molecule has 1 aliphatic rings. The monoisotopic (exact) mass is 340 g/mol. The average molecular weight is 341 g/mol. The second-order valence-corrected chi connectivity index (χ2v) is 5.91. The minimum atomic E-state index is 0.181. The Morgan fingerprint density at radius 3 is 2.70 bits per heavy atom. The summed E-state index contributed by atoms with van der Waals surface area (Å²) in [6, 6.07) is 8.26. The van der Waals surface area contributed by atoms with Gasteiger partial charge in [-0.25, -0.2) is 0 Å². The van der Waals surface area contributed by atoms with Crippen molar-refractivity contribution in [2.75, 3.05) is 19.7 Å². The maximum absolute atomic E-state index is 11.4. The van der Waals surface area contributed by atoms with Gasteiger partial charge in [0.2, 0.25) is 5.91 Å². The summed E-state index contributed by atoms with van der Waals surface area (Å²) in [6.45, 7) is 2.28. The fraction of sp³-hybridized carbons (Fsp3) is 0.533. The van der Waals surface area contributed by atoms with Gasteiger partial charge in [-0.1, -0.05) is 15.9 Å². The number of ether oxygens (including phenoxy) is 1. The summed E-state index contributed by atoms with van der Waals surface area (Å²) >= 11 is 3.39. The fourth-order valence-corrected chi connectivity index (χ4v) is 2.06. The zero-order valence-corrected chi connectivity index (χ0v) is 13.1. The molecule has 0 saturated heterocycles. The van der Waals surface area contributed by atoms with E-state index in [9.17, 15) is 4.79 Å². The Bertz CT molecular complexity index is 418. The van der Waals surface area contributed by atoms with Crippen molar-refractivity contribution in [3.63, 3.8) is 0 Å². The van der Waals surface area contributed by atoms with Crippen LogP contribution in [0.4, 0.5) is 0 Å². The quantitative estimate of drug-likeness (QED) is 0.679. The van der Waals surface area contributed by atoms with Gasteiger partial charge < -0.3 is 15.4 Å². The molecule has 1 fully saturated rings. The van der Waals surface area contributed by atoms with Crippen molar-refractivity contribution in [2.45, 2.75) is 31.7 Å². The van der Waals surface area contributed by atoms with Gasteiger partial charge in [0.05, 0.1) is 0 Å². The highest BCUT2D eigenvalue weighted by Crippen LogP contribution is 2.18. The molecule has 1 amide bonds. The van der Waals surface area contributed by atoms with Crippen LogP contribution in [0.25, 0.3) is 0 Å². The summed E-state index contributed by atoms with van der Waals surface area (Å²) in [7, 11) is 0. The van der Waals surface area contributed by atoms with Crippen LogP contribution in [0.2, 0.25) is 0 Å². The Kier molecular flexibility index (Phi) is 6.33. The molecular formula is C15H21BrN2O2. The number of carbonyl (C=O) groups is 1.